The maximum atomic E-state index is 12.5. The number of hydrogen-bond donors (Lipinski definition) is 2. The second-order valence-electron chi connectivity index (χ2n) is 4.00. The van der Waals surface area contributed by atoms with Crippen LogP contribution >= 0.6 is 0 Å². The SMILES string of the molecule is CCNC(=O)CCNc1ccc(C(F)(F)F)cc1C#N. The zero-order chi connectivity index (χ0) is 15.2. The number of benzene rings is 1. The molecule has 20 heavy (non-hydrogen) atoms. The molecule has 0 saturated carbocycles. The van der Waals surface area contributed by atoms with Gasteiger partial charge in [-0.2, -0.15) is 18.4 Å². The third-order valence-electron chi connectivity index (χ3n) is 2.51. The molecular formula is C13H14F3N3O. The van der Waals surface area contributed by atoms with Crippen molar-refractivity contribution in [3.63, 3.8) is 0 Å². The molecule has 0 bridgehead atoms. The number of carbonyl (C=O) groups excluding carboxylic acids is 1. The molecule has 7 heteroatoms. The van der Waals surface area contributed by atoms with Crippen molar-refractivity contribution < 1.29 is 18.0 Å². The summed E-state index contributed by atoms with van der Waals surface area (Å²) in [5.41, 5.74) is -0.691. The maximum absolute atomic E-state index is 12.5. The van der Waals surface area contributed by atoms with E-state index in [0.717, 1.165) is 12.1 Å². The molecule has 0 aliphatic heterocycles. The number of rotatable bonds is 5. The molecule has 1 rings (SSSR count). The van der Waals surface area contributed by atoms with E-state index in [-0.39, 0.29) is 30.1 Å². The Balaban J connectivity index is 2.72. The number of hydrogen-bond acceptors (Lipinski definition) is 3. The van der Waals surface area contributed by atoms with Crippen LogP contribution in [0, 0.1) is 11.3 Å². The van der Waals surface area contributed by atoms with E-state index in [4.69, 9.17) is 5.26 Å². The molecular weight excluding hydrogens is 271 g/mol. The van der Waals surface area contributed by atoms with Gasteiger partial charge in [-0.25, -0.2) is 0 Å². The van der Waals surface area contributed by atoms with Crippen molar-refractivity contribution in [3.8, 4) is 6.07 Å². The van der Waals surface area contributed by atoms with Crippen molar-refractivity contribution in [2.75, 3.05) is 18.4 Å². The second-order valence-corrected chi connectivity index (χ2v) is 4.00. The van der Waals surface area contributed by atoms with Crippen molar-refractivity contribution in [1.29, 1.82) is 5.26 Å². The smallest absolute Gasteiger partial charge is 0.383 e. The summed E-state index contributed by atoms with van der Waals surface area (Å²) in [6.07, 6.45) is -4.30. The van der Waals surface area contributed by atoms with Gasteiger partial charge in [0.05, 0.1) is 16.8 Å². The van der Waals surface area contributed by atoms with Crippen LogP contribution in [0.4, 0.5) is 18.9 Å². The van der Waals surface area contributed by atoms with Crippen LogP contribution in [0.25, 0.3) is 0 Å². The highest BCUT2D eigenvalue weighted by Gasteiger charge is 2.31. The van der Waals surface area contributed by atoms with Gasteiger partial charge in [-0.3, -0.25) is 4.79 Å². The summed E-state index contributed by atoms with van der Waals surface area (Å²) in [7, 11) is 0. The Morgan fingerprint density at radius 2 is 2.10 bits per heavy atom. The van der Waals surface area contributed by atoms with E-state index in [0.29, 0.717) is 6.54 Å². The summed E-state index contributed by atoms with van der Waals surface area (Å²) in [5, 5.41) is 14.2. The number of carbonyl (C=O) groups is 1. The Kier molecular flexibility index (Phi) is 5.38. The highest BCUT2D eigenvalue weighted by Crippen LogP contribution is 2.31. The van der Waals surface area contributed by atoms with E-state index in [2.05, 4.69) is 10.6 Å². The zero-order valence-corrected chi connectivity index (χ0v) is 10.8. The van der Waals surface area contributed by atoms with Gasteiger partial charge in [0.1, 0.15) is 6.07 Å². The summed E-state index contributed by atoms with van der Waals surface area (Å²) in [6, 6.07) is 4.59. The molecule has 0 spiro atoms. The van der Waals surface area contributed by atoms with Gasteiger partial charge in [-0.05, 0) is 25.1 Å². The van der Waals surface area contributed by atoms with Crippen molar-refractivity contribution in [1.82, 2.24) is 5.32 Å². The Morgan fingerprint density at radius 3 is 2.65 bits per heavy atom. The van der Waals surface area contributed by atoms with Gasteiger partial charge in [0.25, 0.3) is 0 Å². The summed E-state index contributed by atoms with van der Waals surface area (Å²) in [6.45, 7) is 2.55. The lowest BCUT2D eigenvalue weighted by Gasteiger charge is -2.11. The zero-order valence-electron chi connectivity index (χ0n) is 10.8. The molecule has 1 aromatic rings. The van der Waals surface area contributed by atoms with E-state index in [1.165, 1.54) is 6.07 Å². The minimum absolute atomic E-state index is 0.101. The number of nitriles is 1. The van der Waals surface area contributed by atoms with Gasteiger partial charge in [0.15, 0.2) is 0 Å². The molecule has 0 heterocycles. The molecule has 0 radical (unpaired) electrons. The Morgan fingerprint density at radius 1 is 1.40 bits per heavy atom. The van der Waals surface area contributed by atoms with Gasteiger partial charge < -0.3 is 10.6 Å². The van der Waals surface area contributed by atoms with Crippen LogP contribution in [0.15, 0.2) is 18.2 Å². The Hall–Kier alpha value is -2.23. The standard InChI is InChI=1S/C13H14F3N3O/c1-2-18-12(20)5-6-19-11-4-3-10(13(14,15)16)7-9(11)8-17/h3-4,7,19H,2,5-6H2,1H3,(H,18,20). The highest BCUT2D eigenvalue weighted by atomic mass is 19.4. The summed E-state index contributed by atoms with van der Waals surface area (Å²) < 4.78 is 37.5. The largest absolute Gasteiger partial charge is 0.416 e. The maximum Gasteiger partial charge on any atom is 0.416 e. The number of halogens is 3. The Bertz CT molecular complexity index is 521. The first-order chi connectivity index (χ1) is 9.38. The predicted octanol–water partition coefficient (Wildman–Crippen LogP) is 2.52. The monoisotopic (exact) mass is 285 g/mol. The average molecular weight is 285 g/mol. The van der Waals surface area contributed by atoms with Crippen LogP contribution in [-0.4, -0.2) is 19.0 Å². The third kappa shape index (κ3) is 4.46. The van der Waals surface area contributed by atoms with E-state index in [1.54, 1.807) is 13.0 Å². The fourth-order valence-electron chi connectivity index (χ4n) is 1.56. The van der Waals surface area contributed by atoms with Gasteiger partial charge >= 0.3 is 6.18 Å². The first-order valence-corrected chi connectivity index (χ1v) is 6.00. The molecule has 108 valence electrons. The lowest BCUT2D eigenvalue weighted by atomic mass is 10.1. The second kappa shape index (κ2) is 6.80. The first kappa shape index (κ1) is 15.8. The summed E-state index contributed by atoms with van der Waals surface area (Å²) in [5.74, 6) is -0.162. The predicted molar refractivity (Wildman–Crippen MR) is 67.9 cm³/mol. The molecule has 0 fully saturated rings. The summed E-state index contributed by atoms with van der Waals surface area (Å²) >= 11 is 0. The minimum Gasteiger partial charge on any atom is -0.383 e. The van der Waals surface area contributed by atoms with Gasteiger partial charge in [0.2, 0.25) is 5.91 Å². The van der Waals surface area contributed by atoms with Gasteiger partial charge in [-0.1, -0.05) is 0 Å². The van der Waals surface area contributed by atoms with Crippen LogP contribution in [-0.2, 0) is 11.0 Å². The van der Waals surface area contributed by atoms with Crippen LogP contribution in [0.3, 0.4) is 0 Å². The highest BCUT2D eigenvalue weighted by molar-refractivity contribution is 5.76. The van der Waals surface area contributed by atoms with E-state index in [1.807, 2.05) is 0 Å². The number of nitrogens with zero attached hydrogens (tertiary/aromatic N) is 1. The normalized spacial score (nSPS) is 10.8. The van der Waals surface area contributed by atoms with Crippen LogP contribution in [0.5, 0.6) is 0 Å². The molecule has 0 aliphatic rings. The number of alkyl halides is 3. The van der Waals surface area contributed by atoms with Crippen LogP contribution in [0.2, 0.25) is 0 Å². The molecule has 0 aromatic heterocycles. The molecule has 0 atom stereocenters. The lowest BCUT2D eigenvalue weighted by Crippen LogP contribution is -2.24. The molecule has 1 aromatic carbocycles. The van der Waals surface area contributed by atoms with Crippen LogP contribution < -0.4 is 10.6 Å². The van der Waals surface area contributed by atoms with Crippen molar-refractivity contribution in [2.24, 2.45) is 0 Å². The number of anilines is 1. The van der Waals surface area contributed by atoms with Crippen molar-refractivity contribution in [3.05, 3.63) is 29.3 Å². The van der Waals surface area contributed by atoms with Gasteiger partial charge in [-0.15, -0.1) is 0 Å². The molecule has 1 amide bonds. The van der Waals surface area contributed by atoms with Crippen molar-refractivity contribution >= 4 is 11.6 Å². The molecule has 2 N–H and O–H groups in total. The molecule has 0 unspecified atom stereocenters. The average Bonchev–Trinajstić information content (AvgIpc) is 2.38. The minimum atomic E-state index is -4.48. The summed E-state index contributed by atoms with van der Waals surface area (Å²) in [4.78, 5) is 11.2. The fourth-order valence-corrected chi connectivity index (χ4v) is 1.56. The molecule has 0 aliphatic carbocycles. The van der Waals surface area contributed by atoms with Crippen molar-refractivity contribution in [2.45, 2.75) is 19.5 Å². The topological polar surface area (TPSA) is 64.9 Å². The number of amides is 1. The van der Waals surface area contributed by atoms with E-state index in [9.17, 15) is 18.0 Å². The van der Waals surface area contributed by atoms with E-state index < -0.39 is 11.7 Å². The van der Waals surface area contributed by atoms with Gasteiger partial charge in [0, 0.05) is 19.5 Å². The van der Waals surface area contributed by atoms with Crippen LogP contribution in [0.1, 0.15) is 24.5 Å². The third-order valence-corrected chi connectivity index (χ3v) is 2.51. The Labute approximate surface area is 114 Å². The quantitative estimate of drug-likeness (QED) is 0.873. The first-order valence-electron chi connectivity index (χ1n) is 6.00. The van der Waals surface area contributed by atoms with E-state index >= 15 is 0 Å². The lowest BCUT2D eigenvalue weighted by molar-refractivity contribution is -0.137. The number of nitrogens with one attached hydrogen (secondary N) is 2. The molecule has 0 saturated heterocycles. The molecule has 4 nitrogen and oxygen atoms in total. The fraction of sp³-hybridized carbons (Fsp3) is 0.385.